The standard InChI is InChI=1S/C16H25ClN2O/c1-4-18-12(2)13-7-8-16(15(17)10-13)19(3)11-14-6-5-9-20-14/h7-8,10,12,14,18H,4-6,9,11H2,1-3H3. The van der Waals surface area contributed by atoms with E-state index in [4.69, 9.17) is 16.3 Å². The average Bonchev–Trinajstić information content (AvgIpc) is 2.91. The van der Waals surface area contributed by atoms with Crippen molar-refractivity contribution in [2.24, 2.45) is 0 Å². The Morgan fingerprint density at radius 3 is 2.90 bits per heavy atom. The number of anilines is 1. The number of halogens is 1. The normalized spacial score (nSPS) is 20.1. The van der Waals surface area contributed by atoms with Crippen molar-refractivity contribution in [3.05, 3.63) is 28.8 Å². The molecule has 0 amide bonds. The van der Waals surface area contributed by atoms with E-state index in [-0.39, 0.29) is 0 Å². The maximum absolute atomic E-state index is 6.44. The molecule has 0 bridgehead atoms. The summed E-state index contributed by atoms with van der Waals surface area (Å²) in [5.41, 5.74) is 2.31. The Balaban J connectivity index is 2.04. The van der Waals surface area contributed by atoms with Crippen molar-refractivity contribution in [2.75, 3.05) is 31.6 Å². The molecule has 1 aromatic carbocycles. The lowest BCUT2D eigenvalue weighted by Crippen LogP contribution is -2.28. The van der Waals surface area contributed by atoms with Gasteiger partial charge in [-0.15, -0.1) is 0 Å². The third-order valence-corrected chi connectivity index (χ3v) is 4.20. The SMILES string of the molecule is CCNC(C)c1ccc(N(C)CC2CCCO2)c(Cl)c1. The van der Waals surface area contributed by atoms with Gasteiger partial charge in [0.05, 0.1) is 16.8 Å². The van der Waals surface area contributed by atoms with Crippen LogP contribution >= 0.6 is 11.6 Å². The molecule has 0 saturated carbocycles. The second kappa shape index (κ2) is 7.30. The third kappa shape index (κ3) is 3.87. The van der Waals surface area contributed by atoms with Gasteiger partial charge in [-0.25, -0.2) is 0 Å². The molecule has 3 nitrogen and oxygen atoms in total. The summed E-state index contributed by atoms with van der Waals surface area (Å²) in [6, 6.07) is 6.66. The summed E-state index contributed by atoms with van der Waals surface area (Å²) in [5.74, 6) is 0. The predicted molar refractivity (Wildman–Crippen MR) is 85.8 cm³/mol. The molecular weight excluding hydrogens is 272 g/mol. The van der Waals surface area contributed by atoms with E-state index in [1.54, 1.807) is 0 Å². The van der Waals surface area contributed by atoms with Gasteiger partial charge in [0.25, 0.3) is 0 Å². The van der Waals surface area contributed by atoms with Gasteiger partial charge in [-0.2, -0.15) is 0 Å². The zero-order chi connectivity index (χ0) is 14.5. The molecule has 1 aromatic rings. The topological polar surface area (TPSA) is 24.5 Å². The first kappa shape index (κ1) is 15.6. The van der Waals surface area contributed by atoms with E-state index in [1.165, 1.54) is 12.0 Å². The number of nitrogens with zero attached hydrogens (tertiary/aromatic N) is 1. The Kier molecular flexibility index (Phi) is 5.70. The van der Waals surface area contributed by atoms with E-state index in [0.717, 1.165) is 36.8 Å². The fraction of sp³-hybridized carbons (Fsp3) is 0.625. The van der Waals surface area contributed by atoms with Crippen LogP contribution in [0, 0.1) is 0 Å². The van der Waals surface area contributed by atoms with Gasteiger partial charge in [0, 0.05) is 26.2 Å². The highest BCUT2D eigenvalue weighted by atomic mass is 35.5. The van der Waals surface area contributed by atoms with E-state index in [9.17, 15) is 0 Å². The summed E-state index contributed by atoms with van der Waals surface area (Å²) in [6.07, 6.45) is 2.67. The maximum Gasteiger partial charge on any atom is 0.0750 e. The third-order valence-electron chi connectivity index (χ3n) is 3.89. The number of hydrogen-bond acceptors (Lipinski definition) is 3. The molecular formula is C16H25ClN2O. The van der Waals surface area contributed by atoms with Crippen LogP contribution in [-0.2, 0) is 4.74 Å². The molecule has 0 aromatic heterocycles. The quantitative estimate of drug-likeness (QED) is 0.867. The molecule has 1 aliphatic heterocycles. The molecule has 1 saturated heterocycles. The number of ether oxygens (including phenoxy) is 1. The van der Waals surface area contributed by atoms with Crippen molar-refractivity contribution < 1.29 is 4.74 Å². The van der Waals surface area contributed by atoms with Crippen molar-refractivity contribution in [3.63, 3.8) is 0 Å². The molecule has 2 atom stereocenters. The zero-order valence-electron chi connectivity index (χ0n) is 12.7. The van der Waals surface area contributed by atoms with Crippen LogP contribution in [0.4, 0.5) is 5.69 Å². The van der Waals surface area contributed by atoms with Crippen LogP contribution in [0.2, 0.25) is 5.02 Å². The van der Waals surface area contributed by atoms with E-state index in [0.29, 0.717) is 12.1 Å². The molecule has 0 spiro atoms. The second-order valence-corrected chi connectivity index (χ2v) is 5.91. The predicted octanol–water partition coefficient (Wildman–Crippen LogP) is 3.63. The lowest BCUT2D eigenvalue weighted by atomic mass is 10.1. The number of nitrogens with one attached hydrogen (secondary N) is 1. The van der Waals surface area contributed by atoms with Gasteiger partial charge in [0.2, 0.25) is 0 Å². The molecule has 0 aliphatic carbocycles. The van der Waals surface area contributed by atoms with E-state index in [1.807, 2.05) is 0 Å². The minimum atomic E-state index is 0.329. The van der Waals surface area contributed by atoms with Crippen molar-refractivity contribution in [1.82, 2.24) is 5.32 Å². The first-order valence-corrected chi connectivity index (χ1v) is 7.85. The largest absolute Gasteiger partial charge is 0.376 e. The van der Waals surface area contributed by atoms with Crippen molar-refractivity contribution in [2.45, 2.75) is 38.8 Å². The van der Waals surface area contributed by atoms with Gasteiger partial charge in [-0.05, 0) is 44.0 Å². The molecule has 112 valence electrons. The van der Waals surface area contributed by atoms with Gasteiger partial charge >= 0.3 is 0 Å². The van der Waals surface area contributed by atoms with Crippen LogP contribution in [-0.4, -0.2) is 32.8 Å². The van der Waals surface area contributed by atoms with E-state index in [2.05, 4.69) is 49.3 Å². The highest BCUT2D eigenvalue weighted by Gasteiger charge is 2.19. The summed E-state index contributed by atoms with van der Waals surface area (Å²) in [5, 5.41) is 4.22. The van der Waals surface area contributed by atoms with Crippen molar-refractivity contribution in [3.8, 4) is 0 Å². The van der Waals surface area contributed by atoms with Gasteiger partial charge in [-0.1, -0.05) is 24.6 Å². The van der Waals surface area contributed by atoms with Gasteiger partial charge < -0.3 is 15.0 Å². The van der Waals surface area contributed by atoms with Crippen molar-refractivity contribution in [1.29, 1.82) is 0 Å². The summed E-state index contributed by atoms with van der Waals surface area (Å²) < 4.78 is 5.68. The van der Waals surface area contributed by atoms with Crippen LogP contribution in [0.3, 0.4) is 0 Å². The fourth-order valence-electron chi connectivity index (χ4n) is 2.72. The molecule has 20 heavy (non-hydrogen) atoms. The minimum absolute atomic E-state index is 0.329. The highest BCUT2D eigenvalue weighted by Crippen LogP contribution is 2.29. The summed E-state index contributed by atoms with van der Waals surface area (Å²) in [6.45, 7) is 7.03. The monoisotopic (exact) mass is 296 g/mol. The number of benzene rings is 1. The van der Waals surface area contributed by atoms with Gasteiger partial charge in [0.1, 0.15) is 0 Å². The Labute approximate surface area is 127 Å². The lowest BCUT2D eigenvalue weighted by Gasteiger charge is -2.24. The lowest BCUT2D eigenvalue weighted by molar-refractivity contribution is 0.116. The molecule has 2 rings (SSSR count). The van der Waals surface area contributed by atoms with Crippen LogP contribution in [0.5, 0.6) is 0 Å². The van der Waals surface area contributed by atoms with E-state index >= 15 is 0 Å². The smallest absolute Gasteiger partial charge is 0.0750 e. The van der Waals surface area contributed by atoms with Crippen LogP contribution in [0.25, 0.3) is 0 Å². The highest BCUT2D eigenvalue weighted by molar-refractivity contribution is 6.33. The summed E-state index contributed by atoms with van der Waals surface area (Å²) in [4.78, 5) is 2.19. The van der Waals surface area contributed by atoms with E-state index < -0.39 is 0 Å². The van der Waals surface area contributed by atoms with Gasteiger partial charge in [-0.3, -0.25) is 0 Å². The zero-order valence-corrected chi connectivity index (χ0v) is 13.4. The molecule has 1 heterocycles. The molecule has 1 aliphatic rings. The number of likely N-dealkylation sites (N-methyl/N-ethyl adjacent to an activating group) is 1. The van der Waals surface area contributed by atoms with Crippen LogP contribution in [0.1, 0.15) is 38.3 Å². The van der Waals surface area contributed by atoms with Crippen LogP contribution < -0.4 is 10.2 Å². The average molecular weight is 297 g/mol. The second-order valence-electron chi connectivity index (χ2n) is 5.51. The summed E-state index contributed by atoms with van der Waals surface area (Å²) >= 11 is 6.44. The fourth-order valence-corrected chi connectivity index (χ4v) is 3.05. The Morgan fingerprint density at radius 1 is 1.50 bits per heavy atom. The molecule has 2 unspecified atom stereocenters. The van der Waals surface area contributed by atoms with Crippen molar-refractivity contribution >= 4 is 17.3 Å². The Bertz CT molecular complexity index is 432. The number of hydrogen-bond donors (Lipinski definition) is 1. The number of rotatable bonds is 6. The van der Waals surface area contributed by atoms with Crippen LogP contribution in [0.15, 0.2) is 18.2 Å². The maximum atomic E-state index is 6.44. The first-order chi connectivity index (χ1) is 9.61. The molecule has 1 N–H and O–H groups in total. The molecule has 1 fully saturated rings. The Hall–Kier alpha value is -0.770. The summed E-state index contributed by atoms with van der Waals surface area (Å²) in [7, 11) is 2.08. The molecule has 0 radical (unpaired) electrons. The Morgan fingerprint density at radius 2 is 2.30 bits per heavy atom. The first-order valence-electron chi connectivity index (χ1n) is 7.47. The minimum Gasteiger partial charge on any atom is -0.376 e. The van der Waals surface area contributed by atoms with Gasteiger partial charge in [0.15, 0.2) is 0 Å². The molecule has 4 heteroatoms.